The first kappa shape index (κ1) is 17.1. The maximum atomic E-state index is 13.4. The Morgan fingerprint density at radius 2 is 1.96 bits per heavy atom. The lowest BCUT2D eigenvalue weighted by Crippen LogP contribution is -2.11. The molecular weight excluding hydrogens is 343 g/mol. The van der Waals surface area contributed by atoms with E-state index < -0.39 is 11.8 Å². The van der Waals surface area contributed by atoms with Crippen molar-refractivity contribution in [2.75, 3.05) is 11.5 Å². The summed E-state index contributed by atoms with van der Waals surface area (Å²) in [5.41, 5.74) is 13.2. The number of esters is 1. The highest BCUT2D eigenvalue weighted by molar-refractivity contribution is 7.18. The smallest absolute Gasteiger partial charge is 0.340 e. The predicted molar refractivity (Wildman–Crippen MR) is 96.0 cm³/mol. The first-order chi connectivity index (χ1) is 11.8. The van der Waals surface area contributed by atoms with Gasteiger partial charge in [-0.1, -0.05) is 0 Å². The molecular formula is C17H17FN4O2S. The van der Waals surface area contributed by atoms with Crippen LogP contribution < -0.4 is 11.5 Å². The average molecular weight is 360 g/mol. The number of hydrogen-bond acceptors (Lipinski definition) is 7. The summed E-state index contributed by atoms with van der Waals surface area (Å²) in [6, 6.07) is 2.46. The molecule has 0 fully saturated rings. The van der Waals surface area contributed by atoms with Gasteiger partial charge in [-0.25, -0.2) is 19.2 Å². The molecule has 2 heterocycles. The van der Waals surface area contributed by atoms with Crippen molar-refractivity contribution in [2.45, 2.75) is 27.4 Å². The van der Waals surface area contributed by atoms with Crippen molar-refractivity contribution in [3.8, 4) is 0 Å². The van der Waals surface area contributed by atoms with Gasteiger partial charge < -0.3 is 16.2 Å². The summed E-state index contributed by atoms with van der Waals surface area (Å²) in [6.07, 6.45) is 0. The number of halogens is 1. The Morgan fingerprint density at radius 3 is 2.68 bits per heavy atom. The highest BCUT2D eigenvalue weighted by Gasteiger charge is 2.17. The number of ether oxygens (including phenoxy) is 1. The Kier molecular flexibility index (Phi) is 4.30. The van der Waals surface area contributed by atoms with E-state index in [1.165, 1.54) is 17.4 Å². The maximum Gasteiger partial charge on any atom is 0.340 e. The number of carbonyl (C=O) groups excluding carboxylic acids is 1. The number of nitrogens with zero attached hydrogens (tertiary/aromatic N) is 2. The van der Waals surface area contributed by atoms with Crippen molar-refractivity contribution >= 4 is 39.0 Å². The average Bonchev–Trinajstić information content (AvgIpc) is 2.83. The van der Waals surface area contributed by atoms with Crippen molar-refractivity contribution in [3.05, 3.63) is 45.3 Å². The van der Waals surface area contributed by atoms with Crippen LogP contribution in [-0.4, -0.2) is 15.9 Å². The van der Waals surface area contributed by atoms with E-state index in [4.69, 9.17) is 16.2 Å². The molecule has 0 amide bonds. The van der Waals surface area contributed by atoms with E-state index in [1.807, 2.05) is 13.8 Å². The van der Waals surface area contributed by atoms with Gasteiger partial charge in [0, 0.05) is 10.6 Å². The summed E-state index contributed by atoms with van der Waals surface area (Å²) >= 11 is 1.51. The Balaban J connectivity index is 1.83. The van der Waals surface area contributed by atoms with Gasteiger partial charge in [0.05, 0.1) is 10.9 Å². The number of hydrogen-bond donors (Lipinski definition) is 2. The van der Waals surface area contributed by atoms with E-state index in [9.17, 15) is 9.18 Å². The van der Waals surface area contributed by atoms with Crippen molar-refractivity contribution in [1.82, 2.24) is 9.97 Å². The van der Waals surface area contributed by atoms with E-state index in [2.05, 4.69) is 9.97 Å². The molecule has 0 saturated heterocycles. The fraction of sp³-hybridized carbons (Fsp3) is 0.235. The van der Waals surface area contributed by atoms with Crippen LogP contribution in [-0.2, 0) is 11.3 Å². The fourth-order valence-electron chi connectivity index (χ4n) is 2.47. The zero-order chi connectivity index (χ0) is 18.3. The van der Waals surface area contributed by atoms with Gasteiger partial charge in [0.25, 0.3) is 0 Å². The molecule has 3 rings (SSSR count). The molecule has 6 nitrogen and oxygen atoms in total. The van der Waals surface area contributed by atoms with Crippen LogP contribution in [0.15, 0.2) is 12.1 Å². The van der Waals surface area contributed by atoms with Crippen LogP contribution in [0.25, 0.3) is 10.2 Å². The molecule has 0 atom stereocenters. The monoisotopic (exact) mass is 360 g/mol. The van der Waals surface area contributed by atoms with Crippen LogP contribution in [0.3, 0.4) is 0 Å². The number of nitrogen functional groups attached to an aromatic ring is 2. The van der Waals surface area contributed by atoms with Gasteiger partial charge in [-0.15, -0.1) is 11.3 Å². The first-order valence-corrected chi connectivity index (χ1v) is 8.34. The summed E-state index contributed by atoms with van der Waals surface area (Å²) in [5, 5.41) is 0.830. The molecule has 0 radical (unpaired) electrons. The summed E-state index contributed by atoms with van der Waals surface area (Å²) in [7, 11) is 0. The Morgan fingerprint density at radius 1 is 1.24 bits per heavy atom. The quantitative estimate of drug-likeness (QED) is 0.549. The molecule has 8 heteroatoms. The molecule has 3 aromatic rings. The third-order valence-electron chi connectivity index (χ3n) is 3.99. The molecule has 0 saturated carbocycles. The number of benzene rings is 1. The largest absolute Gasteiger partial charge is 0.454 e. The lowest BCUT2D eigenvalue weighted by atomic mass is 10.1. The highest BCUT2D eigenvalue weighted by Crippen LogP contribution is 2.32. The van der Waals surface area contributed by atoms with Crippen LogP contribution in [0.2, 0.25) is 0 Å². The Hall–Kier alpha value is -2.74. The van der Waals surface area contributed by atoms with Crippen molar-refractivity contribution < 1.29 is 13.9 Å². The van der Waals surface area contributed by atoms with Gasteiger partial charge in [0.15, 0.2) is 12.4 Å². The normalized spacial score (nSPS) is 11.0. The number of fused-ring (bicyclic) bond motifs is 1. The minimum absolute atomic E-state index is 0.0218. The third kappa shape index (κ3) is 3.12. The third-order valence-corrected chi connectivity index (χ3v) is 5.09. The molecule has 130 valence electrons. The molecule has 0 aliphatic rings. The van der Waals surface area contributed by atoms with Crippen LogP contribution >= 0.6 is 11.3 Å². The number of rotatable bonds is 3. The lowest BCUT2D eigenvalue weighted by molar-refractivity contribution is 0.0464. The zero-order valence-electron chi connectivity index (χ0n) is 14.0. The summed E-state index contributed by atoms with van der Waals surface area (Å²) < 4.78 is 18.6. The van der Waals surface area contributed by atoms with Gasteiger partial charge in [0.2, 0.25) is 0 Å². The lowest BCUT2D eigenvalue weighted by Gasteiger charge is -2.08. The van der Waals surface area contributed by atoms with Gasteiger partial charge in [-0.3, -0.25) is 0 Å². The van der Waals surface area contributed by atoms with Gasteiger partial charge >= 0.3 is 5.97 Å². The second-order valence-corrected chi connectivity index (χ2v) is 6.96. The van der Waals surface area contributed by atoms with Crippen molar-refractivity contribution in [1.29, 1.82) is 0 Å². The molecule has 0 unspecified atom stereocenters. The first-order valence-electron chi connectivity index (χ1n) is 7.52. The minimum Gasteiger partial charge on any atom is -0.454 e. The van der Waals surface area contributed by atoms with Crippen LogP contribution in [0.1, 0.15) is 32.2 Å². The number of thiophene rings is 1. The summed E-state index contributed by atoms with van der Waals surface area (Å²) in [6.45, 7) is 5.35. The highest BCUT2D eigenvalue weighted by atomic mass is 32.1. The van der Waals surface area contributed by atoms with E-state index in [0.29, 0.717) is 17.2 Å². The molecule has 0 bridgehead atoms. The van der Waals surface area contributed by atoms with E-state index in [0.717, 1.165) is 26.7 Å². The molecule has 0 aliphatic carbocycles. The van der Waals surface area contributed by atoms with E-state index >= 15 is 0 Å². The van der Waals surface area contributed by atoms with Crippen LogP contribution in [0.5, 0.6) is 0 Å². The minimum atomic E-state index is -0.665. The van der Waals surface area contributed by atoms with Crippen LogP contribution in [0, 0.1) is 26.6 Å². The number of nitrogens with two attached hydrogens (primary N) is 2. The second kappa shape index (κ2) is 6.29. The molecule has 25 heavy (non-hydrogen) atoms. The molecule has 4 N–H and O–H groups in total. The van der Waals surface area contributed by atoms with Gasteiger partial charge in [-0.05, 0) is 44.0 Å². The number of anilines is 2. The summed E-state index contributed by atoms with van der Waals surface area (Å²) in [4.78, 5) is 22.7. The number of aryl methyl sites for hydroxylation is 3. The van der Waals surface area contributed by atoms with Gasteiger partial charge in [-0.2, -0.15) is 0 Å². The fourth-order valence-corrected chi connectivity index (χ4v) is 3.53. The van der Waals surface area contributed by atoms with Crippen LogP contribution in [0.4, 0.5) is 15.9 Å². The Labute approximate surface area is 147 Å². The zero-order valence-corrected chi connectivity index (χ0v) is 14.8. The van der Waals surface area contributed by atoms with E-state index in [1.54, 1.807) is 6.92 Å². The van der Waals surface area contributed by atoms with Gasteiger partial charge in [0.1, 0.15) is 16.5 Å². The number of carbonyl (C=O) groups is 1. The Bertz CT molecular complexity index is 1000. The number of aromatic nitrogens is 2. The van der Waals surface area contributed by atoms with Crippen molar-refractivity contribution in [2.24, 2.45) is 0 Å². The molecule has 1 aromatic carbocycles. The second-order valence-electron chi connectivity index (χ2n) is 5.75. The SMILES string of the molecule is Cc1cc(C(=O)OCc2nc(N)c3c(C)c(C)sc3n2)c(N)cc1F. The molecule has 0 aliphatic heterocycles. The maximum absolute atomic E-state index is 13.4. The van der Waals surface area contributed by atoms with Crippen molar-refractivity contribution in [3.63, 3.8) is 0 Å². The standard InChI is InChI=1S/C17H17FN4O2S/c1-7-4-10(12(19)5-11(7)18)17(23)24-6-13-21-15(20)14-8(2)9(3)25-16(14)22-13/h4-5H,6,19H2,1-3H3,(H2,20,21,22). The predicted octanol–water partition coefficient (Wildman–Crippen LogP) is 3.28. The summed E-state index contributed by atoms with van der Waals surface area (Å²) in [5.74, 6) is -0.479. The molecule has 0 spiro atoms. The topological polar surface area (TPSA) is 104 Å². The van der Waals surface area contributed by atoms with E-state index in [-0.39, 0.29) is 17.9 Å². The molecule has 2 aromatic heterocycles.